The van der Waals surface area contributed by atoms with Crippen LogP contribution in [0.15, 0.2) is 29.2 Å². The first-order valence-corrected chi connectivity index (χ1v) is 10.9. The Hall–Kier alpha value is -2.05. The van der Waals surface area contributed by atoms with Gasteiger partial charge < -0.3 is 0 Å². The largest absolute Gasteiger partial charge is 0.295 e. The molecular weight excluding hydrogens is 368 g/mol. The van der Waals surface area contributed by atoms with Crippen LogP contribution >= 0.6 is 11.3 Å². The molecule has 0 N–H and O–H groups in total. The number of thiophene rings is 1. The van der Waals surface area contributed by atoms with Crippen LogP contribution in [0.4, 0.5) is 0 Å². The molecule has 0 aromatic carbocycles. The molecule has 1 unspecified atom stereocenters. The Labute approximate surface area is 170 Å². The third-order valence-electron chi connectivity index (χ3n) is 5.74. The van der Waals surface area contributed by atoms with Gasteiger partial charge in [0, 0.05) is 30.1 Å². The van der Waals surface area contributed by atoms with Crippen LogP contribution in [-0.4, -0.2) is 32.5 Å². The lowest BCUT2D eigenvalue weighted by atomic mass is 10.0. The summed E-state index contributed by atoms with van der Waals surface area (Å²) in [5.74, 6) is 1.13. The second kappa shape index (κ2) is 7.76. The number of likely N-dealkylation sites (tertiary alicyclic amines) is 1. The highest BCUT2D eigenvalue weighted by atomic mass is 32.1. The van der Waals surface area contributed by atoms with Crippen molar-refractivity contribution in [3.63, 3.8) is 0 Å². The van der Waals surface area contributed by atoms with Crippen molar-refractivity contribution in [3.05, 3.63) is 56.7 Å². The first-order chi connectivity index (χ1) is 13.5. The van der Waals surface area contributed by atoms with Gasteiger partial charge in [-0.15, -0.1) is 11.3 Å². The minimum absolute atomic E-state index is 0.139. The second-order valence-electron chi connectivity index (χ2n) is 8.12. The van der Waals surface area contributed by atoms with E-state index in [0.717, 1.165) is 59.8 Å². The molecule has 5 nitrogen and oxygen atoms in total. The fraction of sp³-hybridized carbons (Fsp3) is 0.500. The van der Waals surface area contributed by atoms with Gasteiger partial charge in [0.25, 0.3) is 5.56 Å². The molecule has 1 aliphatic heterocycles. The summed E-state index contributed by atoms with van der Waals surface area (Å²) in [6.45, 7) is 11.1. The summed E-state index contributed by atoms with van der Waals surface area (Å²) in [6, 6.07) is 6.22. The van der Waals surface area contributed by atoms with E-state index in [2.05, 4.69) is 36.7 Å². The summed E-state index contributed by atoms with van der Waals surface area (Å²) in [5.41, 5.74) is 2.31. The van der Waals surface area contributed by atoms with Crippen LogP contribution in [0.5, 0.6) is 0 Å². The first-order valence-electron chi connectivity index (χ1n) is 10.1. The van der Waals surface area contributed by atoms with E-state index >= 15 is 0 Å². The summed E-state index contributed by atoms with van der Waals surface area (Å²) in [4.78, 5) is 27.5. The van der Waals surface area contributed by atoms with Crippen molar-refractivity contribution in [2.24, 2.45) is 0 Å². The molecule has 0 spiro atoms. The van der Waals surface area contributed by atoms with Crippen LogP contribution in [0.25, 0.3) is 10.2 Å². The lowest BCUT2D eigenvalue weighted by Gasteiger charge is -2.34. The molecule has 4 heterocycles. The number of rotatable bonds is 4. The average molecular weight is 397 g/mol. The lowest BCUT2D eigenvalue weighted by Crippen LogP contribution is -2.41. The van der Waals surface area contributed by atoms with Crippen molar-refractivity contribution in [2.75, 3.05) is 13.1 Å². The van der Waals surface area contributed by atoms with Gasteiger partial charge in [-0.05, 0) is 50.9 Å². The summed E-state index contributed by atoms with van der Waals surface area (Å²) >= 11 is 1.64. The highest BCUT2D eigenvalue weighted by Gasteiger charge is 2.27. The van der Waals surface area contributed by atoms with Gasteiger partial charge in [-0.1, -0.05) is 19.9 Å². The van der Waals surface area contributed by atoms with Crippen LogP contribution in [0.3, 0.4) is 0 Å². The SMILES string of the molecule is Cc1sc2nc(C(C)C)n(C3CCCN(Cc4ccccn4)C3)c(=O)c2c1C. The zero-order chi connectivity index (χ0) is 19.8. The summed E-state index contributed by atoms with van der Waals surface area (Å²) in [5, 5.41) is 0.814. The highest BCUT2D eigenvalue weighted by molar-refractivity contribution is 7.18. The van der Waals surface area contributed by atoms with E-state index in [1.165, 1.54) is 4.88 Å². The van der Waals surface area contributed by atoms with Crippen LogP contribution < -0.4 is 5.56 Å². The van der Waals surface area contributed by atoms with Gasteiger partial charge in [-0.3, -0.25) is 19.2 Å². The van der Waals surface area contributed by atoms with Crippen molar-refractivity contribution in [3.8, 4) is 0 Å². The third kappa shape index (κ3) is 3.51. The van der Waals surface area contributed by atoms with Gasteiger partial charge in [-0.25, -0.2) is 4.98 Å². The molecule has 1 fully saturated rings. The highest BCUT2D eigenvalue weighted by Crippen LogP contribution is 2.30. The number of nitrogens with zero attached hydrogens (tertiary/aromatic N) is 4. The average Bonchev–Trinajstić information content (AvgIpc) is 2.97. The number of hydrogen-bond donors (Lipinski definition) is 0. The molecule has 0 radical (unpaired) electrons. The van der Waals surface area contributed by atoms with Gasteiger partial charge >= 0.3 is 0 Å². The molecule has 1 saturated heterocycles. The van der Waals surface area contributed by atoms with Crippen LogP contribution in [0.2, 0.25) is 0 Å². The van der Waals surface area contributed by atoms with Crippen molar-refractivity contribution >= 4 is 21.6 Å². The molecule has 3 aromatic rings. The fourth-order valence-corrected chi connectivity index (χ4v) is 5.22. The molecule has 0 saturated carbocycles. The molecule has 0 aliphatic carbocycles. The van der Waals surface area contributed by atoms with E-state index in [9.17, 15) is 4.79 Å². The Balaban J connectivity index is 1.72. The number of piperidine rings is 1. The molecule has 28 heavy (non-hydrogen) atoms. The number of fused-ring (bicyclic) bond motifs is 1. The van der Waals surface area contributed by atoms with Crippen LogP contribution in [0, 0.1) is 13.8 Å². The molecule has 148 valence electrons. The number of aromatic nitrogens is 3. The zero-order valence-electron chi connectivity index (χ0n) is 17.1. The number of hydrogen-bond acceptors (Lipinski definition) is 5. The van der Waals surface area contributed by atoms with Crippen LogP contribution in [-0.2, 0) is 6.54 Å². The van der Waals surface area contributed by atoms with E-state index in [4.69, 9.17) is 4.98 Å². The zero-order valence-corrected chi connectivity index (χ0v) is 17.9. The summed E-state index contributed by atoms with van der Waals surface area (Å²) in [6.07, 6.45) is 3.95. The summed E-state index contributed by atoms with van der Waals surface area (Å²) < 4.78 is 2.01. The van der Waals surface area contributed by atoms with E-state index in [0.29, 0.717) is 0 Å². The fourth-order valence-electron chi connectivity index (χ4n) is 4.19. The maximum absolute atomic E-state index is 13.6. The molecule has 0 amide bonds. The molecule has 6 heteroatoms. The topological polar surface area (TPSA) is 51.0 Å². The lowest BCUT2D eigenvalue weighted by molar-refractivity contribution is 0.164. The Kier molecular flexibility index (Phi) is 5.34. The Morgan fingerprint density at radius 3 is 2.82 bits per heavy atom. The predicted octanol–water partition coefficient (Wildman–Crippen LogP) is 4.43. The van der Waals surface area contributed by atoms with Gasteiger partial charge in [0.15, 0.2) is 0 Å². The van der Waals surface area contributed by atoms with Crippen molar-refractivity contribution in [1.82, 2.24) is 19.4 Å². The Morgan fingerprint density at radius 1 is 1.29 bits per heavy atom. The maximum Gasteiger partial charge on any atom is 0.262 e. The Morgan fingerprint density at radius 2 is 2.11 bits per heavy atom. The predicted molar refractivity (Wildman–Crippen MR) is 115 cm³/mol. The quantitative estimate of drug-likeness (QED) is 0.655. The standard InChI is InChI=1S/C22H28N4OS/c1-14(2)20-24-21-19(15(3)16(4)28-21)22(27)26(20)18-9-7-11-25(13-18)12-17-8-5-6-10-23-17/h5-6,8,10,14,18H,7,9,11-13H2,1-4H3. The molecule has 3 aromatic heterocycles. The minimum Gasteiger partial charge on any atom is -0.295 e. The molecule has 0 bridgehead atoms. The number of pyridine rings is 1. The van der Waals surface area contributed by atoms with Gasteiger partial charge in [-0.2, -0.15) is 0 Å². The van der Waals surface area contributed by atoms with Gasteiger partial charge in [0.05, 0.1) is 17.1 Å². The van der Waals surface area contributed by atoms with Gasteiger partial charge in [0.1, 0.15) is 10.7 Å². The van der Waals surface area contributed by atoms with E-state index < -0.39 is 0 Å². The van der Waals surface area contributed by atoms with Crippen molar-refractivity contribution in [1.29, 1.82) is 0 Å². The smallest absolute Gasteiger partial charge is 0.262 e. The second-order valence-corrected chi connectivity index (χ2v) is 9.32. The first kappa shape index (κ1) is 19.3. The Bertz CT molecular complexity index is 1040. The van der Waals surface area contributed by atoms with Crippen molar-refractivity contribution < 1.29 is 0 Å². The monoisotopic (exact) mass is 396 g/mol. The normalized spacial score (nSPS) is 18.2. The minimum atomic E-state index is 0.139. The summed E-state index contributed by atoms with van der Waals surface area (Å²) in [7, 11) is 0. The molecular formula is C22H28N4OS. The molecule has 1 aliphatic rings. The van der Waals surface area contributed by atoms with E-state index in [-0.39, 0.29) is 17.5 Å². The third-order valence-corrected chi connectivity index (χ3v) is 6.84. The van der Waals surface area contributed by atoms with E-state index in [1.54, 1.807) is 11.3 Å². The van der Waals surface area contributed by atoms with Gasteiger partial charge in [0.2, 0.25) is 0 Å². The van der Waals surface area contributed by atoms with Crippen molar-refractivity contribution in [2.45, 2.75) is 59.0 Å². The maximum atomic E-state index is 13.6. The number of aryl methyl sites for hydroxylation is 2. The van der Waals surface area contributed by atoms with E-state index in [1.807, 2.05) is 29.8 Å². The molecule has 4 rings (SSSR count). The van der Waals surface area contributed by atoms with Crippen LogP contribution in [0.1, 0.15) is 60.6 Å². The molecule has 1 atom stereocenters.